The van der Waals surface area contributed by atoms with Crippen LogP contribution in [0.1, 0.15) is 18.1 Å². The molecular weight excluding hydrogens is 356 g/mol. The summed E-state index contributed by atoms with van der Waals surface area (Å²) < 4.78 is 29.5. The van der Waals surface area contributed by atoms with Gasteiger partial charge in [0.1, 0.15) is 16.3 Å². The minimum Gasteiger partial charge on any atom is -0.494 e. The molecule has 0 aliphatic carbocycles. The first-order chi connectivity index (χ1) is 12.3. The highest BCUT2D eigenvalue weighted by Gasteiger charge is 2.30. The quantitative estimate of drug-likeness (QED) is 0.589. The third-order valence-electron chi connectivity index (χ3n) is 4.40. The van der Waals surface area contributed by atoms with E-state index in [-0.39, 0.29) is 10.6 Å². The third-order valence-corrected chi connectivity index (χ3v) is 5.53. The lowest BCUT2D eigenvalue weighted by Gasteiger charge is -2.31. The molecule has 8 heteroatoms. The van der Waals surface area contributed by atoms with Crippen LogP contribution in [0.25, 0.3) is 0 Å². The molecule has 2 aromatic rings. The van der Waals surface area contributed by atoms with E-state index in [1.54, 1.807) is 12.1 Å². The molecule has 0 bridgehead atoms. The van der Waals surface area contributed by atoms with E-state index in [4.69, 9.17) is 4.74 Å². The SMILES string of the molecule is CCOc1ccc2c(c1)CN(c1cccc(S(C)(=O)=O)c1[N+](=O)[O-])CC2. The highest BCUT2D eigenvalue weighted by atomic mass is 32.2. The van der Waals surface area contributed by atoms with Crippen molar-refractivity contribution < 1.29 is 18.1 Å². The highest BCUT2D eigenvalue weighted by Crippen LogP contribution is 2.37. The van der Waals surface area contributed by atoms with Gasteiger partial charge in [-0.3, -0.25) is 10.1 Å². The van der Waals surface area contributed by atoms with Crippen molar-refractivity contribution in [1.82, 2.24) is 0 Å². The summed E-state index contributed by atoms with van der Waals surface area (Å²) in [5, 5.41) is 11.6. The maximum atomic E-state index is 12.0. The average molecular weight is 376 g/mol. The third kappa shape index (κ3) is 3.50. The van der Waals surface area contributed by atoms with Gasteiger partial charge in [-0.25, -0.2) is 8.42 Å². The summed E-state index contributed by atoms with van der Waals surface area (Å²) in [5.41, 5.74) is 2.16. The monoisotopic (exact) mass is 376 g/mol. The van der Waals surface area contributed by atoms with Crippen molar-refractivity contribution in [3.63, 3.8) is 0 Å². The van der Waals surface area contributed by atoms with Gasteiger partial charge in [0.05, 0.1) is 11.5 Å². The number of nitro groups is 1. The number of sulfone groups is 1. The second-order valence-electron chi connectivity index (χ2n) is 6.19. The molecule has 0 atom stereocenters. The van der Waals surface area contributed by atoms with Crippen LogP contribution in [0.2, 0.25) is 0 Å². The Kier molecular flexibility index (Phi) is 4.86. The van der Waals surface area contributed by atoms with Crippen LogP contribution < -0.4 is 9.64 Å². The van der Waals surface area contributed by atoms with Crippen molar-refractivity contribution in [2.45, 2.75) is 24.8 Å². The number of nitro benzene ring substituents is 1. The Bertz CT molecular complexity index is 956. The molecule has 0 spiro atoms. The number of benzene rings is 2. The van der Waals surface area contributed by atoms with Gasteiger partial charge in [-0.15, -0.1) is 0 Å². The zero-order chi connectivity index (χ0) is 18.9. The van der Waals surface area contributed by atoms with Crippen molar-refractivity contribution in [3.05, 3.63) is 57.6 Å². The first kappa shape index (κ1) is 18.2. The Hall–Kier alpha value is -2.61. The van der Waals surface area contributed by atoms with E-state index >= 15 is 0 Å². The van der Waals surface area contributed by atoms with Crippen molar-refractivity contribution in [1.29, 1.82) is 0 Å². The minimum atomic E-state index is -3.70. The number of hydrogen-bond acceptors (Lipinski definition) is 6. The van der Waals surface area contributed by atoms with Crippen LogP contribution in [0.5, 0.6) is 5.75 Å². The van der Waals surface area contributed by atoms with Crippen LogP contribution in [-0.4, -0.2) is 32.7 Å². The largest absolute Gasteiger partial charge is 0.494 e. The van der Waals surface area contributed by atoms with Gasteiger partial charge in [-0.2, -0.15) is 0 Å². The zero-order valence-electron chi connectivity index (χ0n) is 14.6. The van der Waals surface area contributed by atoms with Gasteiger partial charge < -0.3 is 9.64 Å². The van der Waals surface area contributed by atoms with E-state index in [1.807, 2.05) is 30.0 Å². The van der Waals surface area contributed by atoms with Gasteiger partial charge in [-0.1, -0.05) is 12.1 Å². The van der Waals surface area contributed by atoms with Gasteiger partial charge in [-0.05, 0) is 48.7 Å². The van der Waals surface area contributed by atoms with E-state index in [2.05, 4.69) is 0 Å². The molecule has 7 nitrogen and oxygen atoms in total. The smallest absolute Gasteiger partial charge is 0.311 e. The molecule has 0 unspecified atom stereocenters. The van der Waals surface area contributed by atoms with Crippen LogP contribution in [0, 0.1) is 10.1 Å². The number of hydrogen-bond donors (Lipinski definition) is 0. The standard InChI is InChI=1S/C18H20N2O5S/c1-3-25-15-8-7-13-9-10-19(12-14(13)11-15)16-5-4-6-17(26(2,23)24)18(16)20(21)22/h4-8,11H,3,9-10,12H2,1-2H3. The molecule has 0 fully saturated rings. The van der Waals surface area contributed by atoms with Gasteiger partial charge in [0.15, 0.2) is 9.84 Å². The molecule has 138 valence electrons. The van der Waals surface area contributed by atoms with E-state index < -0.39 is 14.8 Å². The lowest BCUT2D eigenvalue weighted by molar-refractivity contribution is -0.387. The topological polar surface area (TPSA) is 89.8 Å². The zero-order valence-corrected chi connectivity index (χ0v) is 15.5. The first-order valence-electron chi connectivity index (χ1n) is 8.28. The maximum Gasteiger partial charge on any atom is 0.311 e. The molecule has 0 saturated carbocycles. The van der Waals surface area contributed by atoms with Crippen LogP contribution in [0.4, 0.5) is 11.4 Å². The molecular formula is C18H20N2O5S. The van der Waals surface area contributed by atoms with Gasteiger partial charge in [0, 0.05) is 19.3 Å². The van der Waals surface area contributed by atoms with E-state index in [0.717, 1.165) is 24.0 Å². The number of para-hydroxylation sites is 1. The number of anilines is 1. The van der Waals surface area contributed by atoms with Crippen LogP contribution >= 0.6 is 0 Å². The molecule has 0 aromatic heterocycles. The van der Waals surface area contributed by atoms with E-state index in [1.165, 1.54) is 11.6 Å². The van der Waals surface area contributed by atoms with Crippen LogP contribution in [0.3, 0.4) is 0 Å². The molecule has 3 rings (SSSR count). The first-order valence-corrected chi connectivity index (χ1v) is 10.2. The number of nitrogens with zero attached hydrogens (tertiary/aromatic N) is 2. The molecule has 0 N–H and O–H groups in total. The molecule has 0 radical (unpaired) electrons. The molecule has 2 aromatic carbocycles. The van der Waals surface area contributed by atoms with Crippen LogP contribution in [-0.2, 0) is 22.8 Å². The number of ether oxygens (including phenoxy) is 1. The summed E-state index contributed by atoms with van der Waals surface area (Å²) in [6, 6.07) is 10.3. The summed E-state index contributed by atoms with van der Waals surface area (Å²) in [6.07, 6.45) is 1.71. The van der Waals surface area contributed by atoms with Gasteiger partial charge >= 0.3 is 5.69 Å². The van der Waals surface area contributed by atoms with Gasteiger partial charge in [0.2, 0.25) is 0 Å². The predicted octanol–water partition coefficient (Wildman–Crippen LogP) is 2.96. The van der Waals surface area contributed by atoms with E-state index in [9.17, 15) is 18.5 Å². The fourth-order valence-corrected chi connectivity index (χ4v) is 4.10. The second-order valence-corrected chi connectivity index (χ2v) is 8.17. The van der Waals surface area contributed by atoms with Crippen molar-refractivity contribution >= 4 is 21.2 Å². The predicted molar refractivity (Wildman–Crippen MR) is 98.6 cm³/mol. The fourth-order valence-electron chi connectivity index (χ4n) is 3.24. The lowest BCUT2D eigenvalue weighted by atomic mass is 9.98. The van der Waals surface area contributed by atoms with Gasteiger partial charge in [0.25, 0.3) is 0 Å². The number of fused-ring (bicyclic) bond motifs is 1. The Labute approximate surface area is 152 Å². The summed E-state index contributed by atoms with van der Waals surface area (Å²) in [7, 11) is -3.70. The molecule has 26 heavy (non-hydrogen) atoms. The summed E-state index contributed by atoms with van der Waals surface area (Å²) in [6.45, 7) is 3.51. The molecule has 1 heterocycles. The van der Waals surface area contributed by atoms with Crippen molar-refractivity contribution in [3.8, 4) is 5.75 Å². The maximum absolute atomic E-state index is 12.0. The fraction of sp³-hybridized carbons (Fsp3) is 0.333. The molecule has 0 saturated heterocycles. The Morgan fingerprint density at radius 1 is 1.23 bits per heavy atom. The normalized spacial score (nSPS) is 14.0. The molecule has 1 aliphatic heterocycles. The second kappa shape index (κ2) is 6.95. The Morgan fingerprint density at radius 3 is 2.65 bits per heavy atom. The summed E-state index contributed by atoms with van der Waals surface area (Å²) in [4.78, 5) is 12.6. The highest BCUT2D eigenvalue weighted by molar-refractivity contribution is 7.90. The van der Waals surface area contributed by atoms with Crippen molar-refractivity contribution in [2.24, 2.45) is 0 Å². The number of rotatable bonds is 5. The molecule has 0 amide bonds. The average Bonchev–Trinajstić information content (AvgIpc) is 2.60. The summed E-state index contributed by atoms with van der Waals surface area (Å²) in [5.74, 6) is 0.757. The van der Waals surface area contributed by atoms with Crippen LogP contribution in [0.15, 0.2) is 41.3 Å². The Balaban J connectivity index is 2.03. The lowest BCUT2D eigenvalue weighted by Crippen LogP contribution is -2.31. The van der Waals surface area contributed by atoms with E-state index in [0.29, 0.717) is 25.4 Å². The van der Waals surface area contributed by atoms with Crippen molar-refractivity contribution in [2.75, 3.05) is 24.3 Å². The minimum absolute atomic E-state index is 0.256. The molecule has 1 aliphatic rings. The summed E-state index contributed by atoms with van der Waals surface area (Å²) >= 11 is 0. The Morgan fingerprint density at radius 2 is 2.00 bits per heavy atom.